The summed E-state index contributed by atoms with van der Waals surface area (Å²) in [7, 11) is 0. The minimum Gasteiger partial charge on any atom is -0.490 e. The van der Waals surface area contributed by atoms with Crippen LogP contribution >= 0.6 is 0 Å². The Morgan fingerprint density at radius 1 is 0.914 bits per heavy atom. The van der Waals surface area contributed by atoms with Gasteiger partial charge in [-0.1, -0.05) is 54.1 Å². The Morgan fingerprint density at radius 2 is 1.66 bits per heavy atom. The molecule has 1 aliphatic rings. The van der Waals surface area contributed by atoms with Gasteiger partial charge in [0, 0.05) is 11.1 Å². The van der Waals surface area contributed by atoms with E-state index in [9.17, 15) is 13.2 Å². The molecule has 0 bridgehead atoms. The Bertz CT molecular complexity index is 1150. The van der Waals surface area contributed by atoms with E-state index in [1.165, 1.54) is 0 Å². The van der Waals surface area contributed by atoms with Gasteiger partial charge in [0.25, 0.3) is 0 Å². The van der Waals surface area contributed by atoms with Crippen LogP contribution in [0.1, 0.15) is 54.7 Å². The number of aryl methyl sites for hydroxylation is 1. The van der Waals surface area contributed by atoms with E-state index in [0.29, 0.717) is 18.6 Å². The molecular weight excluding hydrogens is 449 g/mol. The van der Waals surface area contributed by atoms with Crippen LogP contribution in [-0.4, -0.2) is 12.7 Å². The lowest BCUT2D eigenvalue weighted by Crippen LogP contribution is -2.21. The van der Waals surface area contributed by atoms with Gasteiger partial charge in [-0.2, -0.15) is 0 Å². The molecule has 184 valence electrons. The monoisotopic (exact) mass is 480 g/mol. The smallest absolute Gasteiger partial charge is 0.167 e. The molecule has 0 heterocycles. The minimum atomic E-state index is -0.859. The first-order chi connectivity index (χ1) is 17.0. The summed E-state index contributed by atoms with van der Waals surface area (Å²) in [4.78, 5) is 0. The van der Waals surface area contributed by atoms with Crippen LogP contribution < -0.4 is 4.74 Å². The zero-order valence-electron chi connectivity index (χ0n) is 20.0. The minimum absolute atomic E-state index is 0.0254. The topological polar surface area (TPSA) is 18.5 Å². The van der Waals surface area contributed by atoms with Crippen LogP contribution in [0.4, 0.5) is 13.2 Å². The normalized spacial score (nSPS) is 17.8. The van der Waals surface area contributed by atoms with E-state index in [0.717, 1.165) is 36.8 Å². The van der Waals surface area contributed by atoms with Crippen LogP contribution in [0.25, 0.3) is 11.1 Å². The molecule has 4 rings (SSSR count). The summed E-state index contributed by atoms with van der Waals surface area (Å²) in [6.07, 6.45) is 5.65. The maximum Gasteiger partial charge on any atom is 0.167 e. The zero-order chi connectivity index (χ0) is 24.8. The highest BCUT2D eigenvalue weighted by atomic mass is 19.2. The maximum absolute atomic E-state index is 14.7. The molecular formula is C30H31F3O2. The predicted molar refractivity (Wildman–Crippen MR) is 133 cm³/mol. The van der Waals surface area contributed by atoms with Crippen molar-refractivity contribution in [2.24, 2.45) is 0 Å². The molecule has 0 N–H and O–H groups in total. The van der Waals surface area contributed by atoms with Gasteiger partial charge in [-0.15, -0.1) is 6.58 Å². The van der Waals surface area contributed by atoms with Crippen molar-refractivity contribution >= 4 is 0 Å². The molecule has 0 amide bonds. The lowest BCUT2D eigenvalue weighted by Gasteiger charge is -2.29. The van der Waals surface area contributed by atoms with Gasteiger partial charge in [-0.05, 0) is 68.2 Å². The van der Waals surface area contributed by atoms with Gasteiger partial charge < -0.3 is 9.47 Å². The summed E-state index contributed by atoms with van der Waals surface area (Å²) >= 11 is 0. The molecule has 1 saturated carbocycles. The fourth-order valence-corrected chi connectivity index (χ4v) is 4.57. The highest BCUT2D eigenvalue weighted by molar-refractivity contribution is 5.65. The first kappa shape index (κ1) is 25.1. The van der Waals surface area contributed by atoms with Gasteiger partial charge in [0.2, 0.25) is 0 Å². The number of hydrogen-bond donors (Lipinski definition) is 0. The molecule has 0 aromatic heterocycles. The quantitative estimate of drug-likeness (QED) is 0.227. The third-order valence-corrected chi connectivity index (χ3v) is 6.68. The van der Waals surface area contributed by atoms with E-state index in [2.05, 4.69) is 6.58 Å². The van der Waals surface area contributed by atoms with E-state index in [-0.39, 0.29) is 41.3 Å². The summed E-state index contributed by atoms with van der Waals surface area (Å²) in [5.41, 5.74) is 3.12. The molecule has 0 atom stereocenters. The Labute approximate surface area is 205 Å². The Hall–Kier alpha value is -3.05. The van der Waals surface area contributed by atoms with Crippen LogP contribution in [0, 0.1) is 24.4 Å². The highest BCUT2D eigenvalue weighted by Crippen LogP contribution is 2.36. The predicted octanol–water partition coefficient (Wildman–Crippen LogP) is 8.28. The van der Waals surface area contributed by atoms with Crippen molar-refractivity contribution in [3.8, 4) is 16.9 Å². The SMILES string of the molecule is C=CCCOc1ccc(C2CCC(OCc3ccc(-c4ccc(C)cc4)c(F)c3F)CC2)cc1F. The summed E-state index contributed by atoms with van der Waals surface area (Å²) < 4.78 is 55.2. The van der Waals surface area contributed by atoms with Gasteiger partial charge in [0.15, 0.2) is 23.2 Å². The summed E-state index contributed by atoms with van der Waals surface area (Å²) in [5.74, 6) is -1.55. The molecule has 3 aromatic carbocycles. The van der Waals surface area contributed by atoms with Crippen molar-refractivity contribution in [1.29, 1.82) is 0 Å². The molecule has 0 radical (unpaired) electrons. The lowest BCUT2D eigenvalue weighted by atomic mass is 9.82. The van der Waals surface area contributed by atoms with Crippen molar-refractivity contribution in [1.82, 2.24) is 0 Å². The fourth-order valence-electron chi connectivity index (χ4n) is 4.57. The third kappa shape index (κ3) is 6.15. The molecule has 1 aliphatic carbocycles. The third-order valence-electron chi connectivity index (χ3n) is 6.68. The average molecular weight is 481 g/mol. The van der Waals surface area contributed by atoms with Crippen LogP contribution in [0.3, 0.4) is 0 Å². The van der Waals surface area contributed by atoms with Crippen molar-refractivity contribution in [3.05, 3.63) is 101 Å². The van der Waals surface area contributed by atoms with Crippen LogP contribution in [-0.2, 0) is 11.3 Å². The molecule has 2 nitrogen and oxygen atoms in total. The standard InChI is InChI=1S/C30H31F3O2/c1-3-4-17-34-28-16-12-23(18-27(28)31)21-9-13-25(14-10-21)35-19-24-11-15-26(30(33)29(24)32)22-7-5-20(2)6-8-22/h3,5-8,11-12,15-16,18,21,25H,1,4,9-10,13-14,17,19H2,2H3. The number of halogens is 3. The molecule has 5 heteroatoms. The van der Waals surface area contributed by atoms with E-state index < -0.39 is 11.6 Å². The molecule has 0 saturated heterocycles. The molecule has 0 spiro atoms. The maximum atomic E-state index is 14.7. The second-order valence-electron chi connectivity index (χ2n) is 9.17. The Kier molecular flexibility index (Phi) is 8.29. The fraction of sp³-hybridized carbons (Fsp3) is 0.333. The first-order valence-corrected chi connectivity index (χ1v) is 12.1. The number of rotatable bonds is 9. The van der Waals surface area contributed by atoms with Crippen molar-refractivity contribution in [2.45, 2.75) is 57.7 Å². The molecule has 0 unspecified atom stereocenters. The summed E-state index contributed by atoms with van der Waals surface area (Å²) in [6, 6.07) is 15.7. The summed E-state index contributed by atoms with van der Waals surface area (Å²) in [5, 5.41) is 0. The number of ether oxygens (including phenoxy) is 2. The van der Waals surface area contributed by atoms with Gasteiger partial charge in [0.05, 0.1) is 19.3 Å². The Balaban J connectivity index is 1.31. The number of benzene rings is 3. The summed E-state index contributed by atoms with van der Waals surface area (Å²) in [6.45, 7) is 6.01. The van der Waals surface area contributed by atoms with Crippen LogP contribution in [0.15, 0.2) is 67.3 Å². The van der Waals surface area contributed by atoms with Crippen molar-refractivity contribution in [3.63, 3.8) is 0 Å². The lowest BCUT2D eigenvalue weighted by molar-refractivity contribution is 0.0119. The second-order valence-corrected chi connectivity index (χ2v) is 9.17. The highest BCUT2D eigenvalue weighted by Gasteiger charge is 2.24. The molecule has 1 fully saturated rings. The molecule has 35 heavy (non-hydrogen) atoms. The van der Waals surface area contributed by atoms with Crippen molar-refractivity contribution in [2.75, 3.05) is 6.61 Å². The van der Waals surface area contributed by atoms with Gasteiger partial charge in [-0.3, -0.25) is 0 Å². The second kappa shape index (κ2) is 11.6. The first-order valence-electron chi connectivity index (χ1n) is 12.1. The van der Waals surface area contributed by atoms with E-state index in [4.69, 9.17) is 9.47 Å². The molecule has 3 aromatic rings. The van der Waals surface area contributed by atoms with E-state index in [1.54, 1.807) is 42.5 Å². The molecule has 0 aliphatic heterocycles. The van der Waals surface area contributed by atoms with E-state index >= 15 is 0 Å². The largest absolute Gasteiger partial charge is 0.490 e. The van der Waals surface area contributed by atoms with Crippen LogP contribution in [0.2, 0.25) is 0 Å². The van der Waals surface area contributed by atoms with Gasteiger partial charge in [-0.25, -0.2) is 13.2 Å². The van der Waals surface area contributed by atoms with Gasteiger partial charge >= 0.3 is 0 Å². The van der Waals surface area contributed by atoms with Crippen LogP contribution in [0.5, 0.6) is 5.75 Å². The number of hydrogen-bond acceptors (Lipinski definition) is 2. The van der Waals surface area contributed by atoms with Gasteiger partial charge in [0.1, 0.15) is 0 Å². The zero-order valence-corrected chi connectivity index (χ0v) is 20.0. The van der Waals surface area contributed by atoms with E-state index in [1.807, 2.05) is 25.1 Å². The Morgan fingerprint density at radius 3 is 2.34 bits per heavy atom. The average Bonchev–Trinajstić information content (AvgIpc) is 2.87. The van der Waals surface area contributed by atoms with Crippen molar-refractivity contribution < 1.29 is 22.6 Å².